The molecule has 0 bridgehead atoms. The Labute approximate surface area is 153 Å². The summed E-state index contributed by atoms with van der Waals surface area (Å²) in [6.45, 7) is 1.32. The number of amides is 1. The summed E-state index contributed by atoms with van der Waals surface area (Å²) in [5, 5.41) is 3.67. The van der Waals surface area contributed by atoms with Gasteiger partial charge in [-0.3, -0.25) is 9.59 Å². The Morgan fingerprint density at radius 2 is 1.92 bits per heavy atom. The zero-order valence-corrected chi connectivity index (χ0v) is 14.6. The van der Waals surface area contributed by atoms with E-state index in [0.29, 0.717) is 21.6 Å². The number of aromatic amines is 1. The van der Waals surface area contributed by atoms with Gasteiger partial charge in [-0.05, 0) is 42.8 Å². The number of rotatable bonds is 4. The maximum absolute atomic E-state index is 12.1. The molecule has 0 saturated heterocycles. The molecule has 6 nitrogen and oxygen atoms in total. The first-order chi connectivity index (χ1) is 12.4. The Balaban J connectivity index is 1.67. The van der Waals surface area contributed by atoms with E-state index in [9.17, 15) is 14.4 Å². The van der Waals surface area contributed by atoms with Gasteiger partial charge in [0, 0.05) is 27.7 Å². The smallest absolute Gasteiger partial charge is 0.355 e. The molecule has 0 radical (unpaired) electrons. The van der Waals surface area contributed by atoms with Gasteiger partial charge in [0.25, 0.3) is 5.91 Å². The van der Waals surface area contributed by atoms with Crippen LogP contribution in [0.15, 0.2) is 53.3 Å². The third-order valence-electron chi connectivity index (χ3n) is 3.75. The lowest BCUT2D eigenvalue weighted by molar-refractivity contribution is -0.119. The number of para-hydroxylation sites is 1. The van der Waals surface area contributed by atoms with Crippen molar-refractivity contribution in [3.8, 4) is 0 Å². The number of halogens is 1. The van der Waals surface area contributed by atoms with Gasteiger partial charge in [-0.15, -0.1) is 0 Å². The van der Waals surface area contributed by atoms with Crippen molar-refractivity contribution in [2.45, 2.75) is 6.92 Å². The summed E-state index contributed by atoms with van der Waals surface area (Å²) in [5.41, 5.74) is 1.58. The Morgan fingerprint density at radius 3 is 2.69 bits per heavy atom. The zero-order valence-electron chi connectivity index (χ0n) is 13.8. The van der Waals surface area contributed by atoms with Crippen LogP contribution in [0.2, 0.25) is 5.02 Å². The van der Waals surface area contributed by atoms with E-state index in [1.54, 1.807) is 49.4 Å². The minimum absolute atomic E-state index is 0.0100. The number of ether oxygens (including phenoxy) is 1. The molecule has 0 fully saturated rings. The van der Waals surface area contributed by atoms with Crippen molar-refractivity contribution in [1.29, 1.82) is 0 Å². The van der Waals surface area contributed by atoms with Gasteiger partial charge in [-0.2, -0.15) is 0 Å². The van der Waals surface area contributed by atoms with E-state index < -0.39 is 18.5 Å². The van der Waals surface area contributed by atoms with E-state index in [1.165, 1.54) is 0 Å². The van der Waals surface area contributed by atoms with Crippen LogP contribution in [0.25, 0.3) is 10.9 Å². The number of fused-ring (bicyclic) bond motifs is 1. The van der Waals surface area contributed by atoms with Crippen molar-refractivity contribution in [2.24, 2.45) is 0 Å². The van der Waals surface area contributed by atoms with Crippen molar-refractivity contribution < 1.29 is 14.3 Å². The van der Waals surface area contributed by atoms with E-state index >= 15 is 0 Å². The molecule has 0 aliphatic rings. The number of aryl methyl sites for hydroxylation is 1. The summed E-state index contributed by atoms with van der Waals surface area (Å²) in [7, 11) is 0. The first kappa shape index (κ1) is 17.7. The van der Waals surface area contributed by atoms with Gasteiger partial charge < -0.3 is 15.0 Å². The molecule has 2 N–H and O–H groups in total. The lowest BCUT2D eigenvalue weighted by Gasteiger charge is -2.09. The first-order valence-corrected chi connectivity index (χ1v) is 8.17. The van der Waals surface area contributed by atoms with Crippen LogP contribution in [-0.4, -0.2) is 23.5 Å². The molecule has 0 spiro atoms. The van der Waals surface area contributed by atoms with E-state index in [-0.39, 0.29) is 11.1 Å². The van der Waals surface area contributed by atoms with Crippen molar-refractivity contribution in [3.63, 3.8) is 0 Å². The second-order valence-corrected chi connectivity index (χ2v) is 6.11. The molecule has 1 aromatic heterocycles. The molecule has 0 atom stereocenters. The normalized spacial score (nSPS) is 10.5. The number of carbonyl (C=O) groups is 2. The highest BCUT2D eigenvalue weighted by Crippen LogP contribution is 2.19. The van der Waals surface area contributed by atoms with Crippen LogP contribution < -0.4 is 10.7 Å². The maximum atomic E-state index is 12.1. The quantitative estimate of drug-likeness (QED) is 0.690. The lowest BCUT2D eigenvalue weighted by atomic mass is 10.2. The van der Waals surface area contributed by atoms with Crippen LogP contribution >= 0.6 is 11.6 Å². The maximum Gasteiger partial charge on any atom is 0.355 e. The molecule has 2 aromatic carbocycles. The second-order valence-electron chi connectivity index (χ2n) is 5.68. The average molecular weight is 371 g/mol. The zero-order chi connectivity index (χ0) is 18.7. The Hall–Kier alpha value is -3.12. The SMILES string of the molecule is Cc1cc(Cl)ccc1NC(=O)COC(=O)c1cc(=O)c2ccccc2[nH]1. The van der Waals surface area contributed by atoms with Crippen LogP contribution in [0.3, 0.4) is 0 Å². The van der Waals surface area contributed by atoms with Crippen LogP contribution in [0.4, 0.5) is 5.69 Å². The summed E-state index contributed by atoms with van der Waals surface area (Å²) < 4.78 is 4.98. The third-order valence-corrected chi connectivity index (χ3v) is 3.99. The van der Waals surface area contributed by atoms with Crippen LogP contribution in [0.1, 0.15) is 16.1 Å². The number of anilines is 1. The summed E-state index contributed by atoms with van der Waals surface area (Å²) >= 11 is 5.87. The summed E-state index contributed by atoms with van der Waals surface area (Å²) in [6, 6.07) is 13.0. The molecular formula is C19H15ClN2O4. The molecule has 1 amide bonds. The highest BCUT2D eigenvalue weighted by atomic mass is 35.5. The van der Waals surface area contributed by atoms with E-state index in [1.807, 2.05) is 0 Å². The Bertz CT molecular complexity index is 1060. The standard InChI is InChI=1S/C19H15ClN2O4/c1-11-8-12(20)6-7-14(11)22-18(24)10-26-19(25)16-9-17(23)13-4-2-3-5-15(13)21-16/h2-9H,10H2,1H3,(H,21,23)(H,22,24). The topological polar surface area (TPSA) is 88.3 Å². The summed E-state index contributed by atoms with van der Waals surface area (Å²) in [5.74, 6) is -1.28. The second kappa shape index (κ2) is 7.41. The van der Waals surface area contributed by atoms with Crippen molar-refractivity contribution in [3.05, 3.63) is 75.0 Å². The van der Waals surface area contributed by atoms with Gasteiger partial charge in [0.1, 0.15) is 5.69 Å². The van der Waals surface area contributed by atoms with E-state index in [2.05, 4.69) is 10.3 Å². The highest BCUT2D eigenvalue weighted by molar-refractivity contribution is 6.30. The third kappa shape index (κ3) is 3.92. The number of aromatic nitrogens is 1. The molecule has 0 aliphatic heterocycles. The summed E-state index contributed by atoms with van der Waals surface area (Å²) in [4.78, 5) is 39.0. The number of benzene rings is 2. The lowest BCUT2D eigenvalue weighted by Crippen LogP contribution is -2.22. The van der Waals surface area contributed by atoms with Gasteiger partial charge >= 0.3 is 5.97 Å². The fraction of sp³-hybridized carbons (Fsp3) is 0.105. The molecule has 3 aromatic rings. The molecule has 132 valence electrons. The highest BCUT2D eigenvalue weighted by Gasteiger charge is 2.13. The first-order valence-electron chi connectivity index (χ1n) is 7.79. The molecule has 3 rings (SSSR count). The number of esters is 1. The predicted molar refractivity (Wildman–Crippen MR) is 99.7 cm³/mol. The molecule has 0 unspecified atom stereocenters. The minimum atomic E-state index is -0.782. The van der Waals surface area contributed by atoms with Crippen LogP contribution in [0, 0.1) is 6.92 Å². The van der Waals surface area contributed by atoms with Gasteiger partial charge in [0.05, 0.1) is 0 Å². The van der Waals surface area contributed by atoms with Gasteiger partial charge in [0.2, 0.25) is 0 Å². The monoisotopic (exact) mass is 370 g/mol. The summed E-state index contributed by atoms with van der Waals surface area (Å²) in [6.07, 6.45) is 0. The number of carbonyl (C=O) groups excluding carboxylic acids is 2. The Kier molecular flexibility index (Phi) is 5.04. The van der Waals surface area contributed by atoms with Crippen molar-refractivity contribution in [2.75, 3.05) is 11.9 Å². The largest absolute Gasteiger partial charge is 0.451 e. The molecule has 26 heavy (non-hydrogen) atoms. The number of hydrogen-bond acceptors (Lipinski definition) is 4. The molecule has 0 saturated carbocycles. The fourth-order valence-electron chi connectivity index (χ4n) is 2.47. The number of H-pyrrole nitrogens is 1. The van der Waals surface area contributed by atoms with Gasteiger partial charge in [-0.25, -0.2) is 4.79 Å². The average Bonchev–Trinajstić information content (AvgIpc) is 2.62. The molecule has 7 heteroatoms. The minimum Gasteiger partial charge on any atom is -0.451 e. The van der Waals surface area contributed by atoms with Crippen LogP contribution in [0.5, 0.6) is 0 Å². The predicted octanol–water partition coefficient (Wildman–Crippen LogP) is 3.29. The van der Waals surface area contributed by atoms with Crippen molar-refractivity contribution in [1.82, 2.24) is 4.98 Å². The van der Waals surface area contributed by atoms with Gasteiger partial charge in [0.15, 0.2) is 12.0 Å². The number of nitrogens with one attached hydrogen (secondary N) is 2. The van der Waals surface area contributed by atoms with E-state index in [4.69, 9.17) is 16.3 Å². The Morgan fingerprint density at radius 1 is 1.15 bits per heavy atom. The van der Waals surface area contributed by atoms with Crippen LogP contribution in [-0.2, 0) is 9.53 Å². The van der Waals surface area contributed by atoms with E-state index in [0.717, 1.165) is 11.6 Å². The van der Waals surface area contributed by atoms with Crippen molar-refractivity contribution >= 4 is 40.1 Å². The number of hydrogen-bond donors (Lipinski definition) is 2. The molecule has 1 heterocycles. The number of pyridine rings is 1. The molecule has 0 aliphatic carbocycles. The fourth-order valence-corrected chi connectivity index (χ4v) is 2.70. The molecular weight excluding hydrogens is 356 g/mol. The van der Waals surface area contributed by atoms with Gasteiger partial charge in [-0.1, -0.05) is 23.7 Å².